The molecule has 0 unspecified atom stereocenters. The Hall–Kier alpha value is -0.720. The van der Waals surface area contributed by atoms with E-state index in [-0.39, 0.29) is 6.61 Å². The fourth-order valence-electron chi connectivity index (χ4n) is 1.58. The summed E-state index contributed by atoms with van der Waals surface area (Å²) in [7, 11) is 0. The standard InChI is InChI=1S/C11H11Br2N3O/c1-6-15-10-8(4-7(12)5-9(10)13)11(16-6)14-2-3-17/h4-5,17H,2-3H2,1H3,(H,14,15,16). The minimum Gasteiger partial charge on any atom is -0.395 e. The lowest BCUT2D eigenvalue weighted by Gasteiger charge is -2.10. The summed E-state index contributed by atoms with van der Waals surface area (Å²) in [5, 5.41) is 12.9. The van der Waals surface area contributed by atoms with Gasteiger partial charge in [0.05, 0.1) is 12.1 Å². The highest BCUT2D eigenvalue weighted by Crippen LogP contribution is 2.30. The van der Waals surface area contributed by atoms with E-state index < -0.39 is 0 Å². The Bertz CT molecular complexity index is 560. The predicted octanol–water partition coefficient (Wildman–Crippen LogP) is 2.87. The zero-order valence-electron chi connectivity index (χ0n) is 9.17. The second-order valence-corrected chi connectivity index (χ2v) is 5.32. The molecule has 6 heteroatoms. The van der Waals surface area contributed by atoms with Gasteiger partial charge < -0.3 is 10.4 Å². The highest BCUT2D eigenvalue weighted by Gasteiger charge is 2.09. The molecule has 0 saturated heterocycles. The summed E-state index contributed by atoms with van der Waals surface area (Å²) in [6, 6.07) is 3.91. The molecule has 0 atom stereocenters. The number of nitrogens with zero attached hydrogens (tertiary/aromatic N) is 2. The minimum atomic E-state index is 0.0692. The number of hydrogen-bond acceptors (Lipinski definition) is 4. The molecule has 2 N–H and O–H groups in total. The van der Waals surface area contributed by atoms with E-state index in [9.17, 15) is 0 Å². The predicted molar refractivity (Wildman–Crippen MR) is 75.3 cm³/mol. The summed E-state index contributed by atoms with van der Waals surface area (Å²) in [4.78, 5) is 8.75. The Morgan fingerprint density at radius 2 is 2.06 bits per heavy atom. The lowest BCUT2D eigenvalue weighted by Crippen LogP contribution is -2.08. The zero-order valence-corrected chi connectivity index (χ0v) is 12.3. The average Bonchev–Trinajstić information content (AvgIpc) is 2.27. The van der Waals surface area contributed by atoms with E-state index in [2.05, 4.69) is 47.1 Å². The van der Waals surface area contributed by atoms with Crippen LogP contribution in [0.25, 0.3) is 10.9 Å². The average molecular weight is 361 g/mol. The lowest BCUT2D eigenvalue weighted by atomic mass is 10.2. The normalized spacial score (nSPS) is 10.8. The molecule has 0 aliphatic carbocycles. The number of fused-ring (bicyclic) bond motifs is 1. The fraction of sp³-hybridized carbons (Fsp3) is 0.273. The van der Waals surface area contributed by atoms with Crippen LogP contribution in [0, 0.1) is 6.92 Å². The van der Waals surface area contributed by atoms with Gasteiger partial charge in [0.25, 0.3) is 0 Å². The van der Waals surface area contributed by atoms with Crippen LogP contribution >= 0.6 is 31.9 Å². The Labute approximate surface area is 116 Å². The smallest absolute Gasteiger partial charge is 0.137 e. The molecule has 1 heterocycles. The first-order valence-electron chi connectivity index (χ1n) is 5.10. The number of aliphatic hydroxyl groups excluding tert-OH is 1. The van der Waals surface area contributed by atoms with Crippen molar-refractivity contribution in [3.8, 4) is 0 Å². The summed E-state index contributed by atoms with van der Waals surface area (Å²) >= 11 is 6.93. The molecule has 0 saturated carbocycles. The molecular formula is C11H11Br2N3O. The van der Waals surface area contributed by atoms with Gasteiger partial charge in [-0.3, -0.25) is 0 Å². The van der Waals surface area contributed by atoms with Crippen molar-refractivity contribution in [1.82, 2.24) is 9.97 Å². The molecule has 1 aromatic carbocycles. The first-order chi connectivity index (χ1) is 8.11. The maximum atomic E-state index is 8.85. The van der Waals surface area contributed by atoms with Crippen LogP contribution in [0.3, 0.4) is 0 Å². The van der Waals surface area contributed by atoms with Crippen molar-refractivity contribution in [1.29, 1.82) is 0 Å². The van der Waals surface area contributed by atoms with E-state index in [0.717, 1.165) is 25.7 Å². The van der Waals surface area contributed by atoms with Crippen LogP contribution in [0.2, 0.25) is 0 Å². The van der Waals surface area contributed by atoms with Gasteiger partial charge in [0, 0.05) is 20.9 Å². The number of aromatic nitrogens is 2. The summed E-state index contributed by atoms with van der Waals surface area (Å²) in [5.41, 5.74) is 0.862. The molecule has 4 nitrogen and oxygen atoms in total. The summed E-state index contributed by atoms with van der Waals surface area (Å²) < 4.78 is 1.87. The molecular weight excluding hydrogens is 350 g/mol. The summed E-state index contributed by atoms with van der Waals surface area (Å²) in [6.45, 7) is 2.38. The van der Waals surface area contributed by atoms with E-state index in [0.29, 0.717) is 12.4 Å². The largest absolute Gasteiger partial charge is 0.395 e. The molecule has 0 bridgehead atoms. The van der Waals surface area contributed by atoms with Crippen molar-refractivity contribution in [2.45, 2.75) is 6.92 Å². The number of halogens is 2. The third-order valence-electron chi connectivity index (χ3n) is 2.23. The number of anilines is 1. The molecule has 2 rings (SSSR count). The van der Waals surface area contributed by atoms with Crippen molar-refractivity contribution in [2.24, 2.45) is 0 Å². The van der Waals surface area contributed by atoms with Crippen molar-refractivity contribution >= 4 is 48.6 Å². The number of aliphatic hydroxyl groups is 1. The highest BCUT2D eigenvalue weighted by molar-refractivity contribution is 9.11. The summed E-state index contributed by atoms with van der Waals surface area (Å²) in [6.07, 6.45) is 0. The molecule has 0 aliphatic rings. The van der Waals surface area contributed by atoms with E-state index >= 15 is 0 Å². The number of hydrogen-bond donors (Lipinski definition) is 2. The maximum absolute atomic E-state index is 8.85. The van der Waals surface area contributed by atoms with Gasteiger partial charge in [0.1, 0.15) is 11.6 Å². The van der Waals surface area contributed by atoms with Crippen molar-refractivity contribution in [3.05, 3.63) is 26.9 Å². The zero-order chi connectivity index (χ0) is 12.4. The first kappa shape index (κ1) is 12.7. The molecule has 0 fully saturated rings. The van der Waals surface area contributed by atoms with Crippen molar-refractivity contribution in [3.63, 3.8) is 0 Å². The molecule has 0 radical (unpaired) electrons. The number of nitrogens with one attached hydrogen (secondary N) is 1. The molecule has 1 aromatic heterocycles. The fourth-order valence-corrected chi connectivity index (χ4v) is 2.89. The second kappa shape index (κ2) is 5.29. The third-order valence-corrected chi connectivity index (χ3v) is 3.30. The molecule has 0 aliphatic heterocycles. The first-order valence-corrected chi connectivity index (χ1v) is 6.68. The quantitative estimate of drug-likeness (QED) is 0.883. The van der Waals surface area contributed by atoms with Gasteiger partial charge in [-0.2, -0.15) is 0 Å². The third kappa shape index (κ3) is 2.75. The molecule has 0 spiro atoms. The Morgan fingerprint density at radius 1 is 1.29 bits per heavy atom. The van der Waals surface area contributed by atoms with E-state index in [1.54, 1.807) is 0 Å². The van der Waals surface area contributed by atoms with Gasteiger partial charge in [-0.25, -0.2) is 9.97 Å². The maximum Gasteiger partial charge on any atom is 0.137 e. The monoisotopic (exact) mass is 359 g/mol. The van der Waals surface area contributed by atoms with Crippen LogP contribution in [0.4, 0.5) is 5.82 Å². The molecule has 90 valence electrons. The van der Waals surface area contributed by atoms with Gasteiger partial charge in [-0.15, -0.1) is 0 Å². The van der Waals surface area contributed by atoms with Crippen LogP contribution in [0.1, 0.15) is 5.82 Å². The molecule has 0 amide bonds. The molecule has 2 aromatic rings. The summed E-state index contributed by atoms with van der Waals surface area (Å²) in [5.74, 6) is 1.43. The Morgan fingerprint density at radius 3 is 2.76 bits per heavy atom. The number of rotatable bonds is 3. The van der Waals surface area contributed by atoms with Gasteiger partial charge in [0.15, 0.2) is 0 Å². The van der Waals surface area contributed by atoms with Gasteiger partial charge in [0.2, 0.25) is 0 Å². The van der Waals surface area contributed by atoms with Crippen LogP contribution < -0.4 is 5.32 Å². The van der Waals surface area contributed by atoms with Crippen LogP contribution in [0.15, 0.2) is 21.1 Å². The van der Waals surface area contributed by atoms with Crippen LogP contribution in [-0.4, -0.2) is 28.2 Å². The molecule has 17 heavy (non-hydrogen) atoms. The van der Waals surface area contributed by atoms with Gasteiger partial charge in [-0.05, 0) is 35.0 Å². The number of aryl methyl sites for hydroxylation is 1. The van der Waals surface area contributed by atoms with E-state index in [4.69, 9.17) is 5.11 Å². The Balaban J connectivity index is 2.64. The van der Waals surface area contributed by atoms with Crippen LogP contribution in [0.5, 0.6) is 0 Å². The minimum absolute atomic E-state index is 0.0692. The topological polar surface area (TPSA) is 58.0 Å². The van der Waals surface area contributed by atoms with Gasteiger partial charge in [-0.1, -0.05) is 15.9 Å². The van der Waals surface area contributed by atoms with Gasteiger partial charge >= 0.3 is 0 Å². The van der Waals surface area contributed by atoms with Crippen molar-refractivity contribution in [2.75, 3.05) is 18.5 Å². The SMILES string of the molecule is Cc1nc(NCCO)c2cc(Br)cc(Br)c2n1. The van der Waals surface area contributed by atoms with E-state index in [1.165, 1.54) is 0 Å². The Kier molecular flexibility index (Phi) is 3.96. The van der Waals surface area contributed by atoms with Crippen LogP contribution in [-0.2, 0) is 0 Å². The van der Waals surface area contributed by atoms with Crippen molar-refractivity contribution < 1.29 is 5.11 Å². The van der Waals surface area contributed by atoms with E-state index in [1.807, 2.05) is 19.1 Å². The lowest BCUT2D eigenvalue weighted by molar-refractivity contribution is 0.311. The number of benzene rings is 1. The highest BCUT2D eigenvalue weighted by atomic mass is 79.9. The second-order valence-electron chi connectivity index (χ2n) is 3.55.